The first kappa shape index (κ1) is 16.8. The second-order valence-corrected chi connectivity index (χ2v) is 9.09. The predicted octanol–water partition coefficient (Wildman–Crippen LogP) is 3.08. The van der Waals surface area contributed by atoms with Gasteiger partial charge in [-0.15, -0.1) is 0 Å². The van der Waals surface area contributed by atoms with Crippen molar-refractivity contribution in [2.24, 2.45) is 0 Å². The zero-order chi connectivity index (χ0) is 15.6. The van der Waals surface area contributed by atoms with Gasteiger partial charge >= 0.3 is 0 Å². The monoisotopic (exact) mass is 374 g/mol. The van der Waals surface area contributed by atoms with Crippen LogP contribution >= 0.6 is 15.9 Å². The highest BCUT2D eigenvalue weighted by Crippen LogP contribution is 2.31. The summed E-state index contributed by atoms with van der Waals surface area (Å²) in [5.74, 6) is 0. The molecule has 1 aromatic carbocycles. The highest BCUT2D eigenvalue weighted by molar-refractivity contribution is 9.09. The van der Waals surface area contributed by atoms with Crippen LogP contribution in [0.25, 0.3) is 0 Å². The molecule has 0 spiro atoms. The molecule has 2 unspecified atom stereocenters. The van der Waals surface area contributed by atoms with Gasteiger partial charge < -0.3 is 4.90 Å². The van der Waals surface area contributed by atoms with Crippen molar-refractivity contribution in [2.45, 2.75) is 41.4 Å². The van der Waals surface area contributed by atoms with E-state index in [0.29, 0.717) is 15.8 Å². The third kappa shape index (κ3) is 3.60. The zero-order valence-electron chi connectivity index (χ0n) is 12.8. The fourth-order valence-corrected chi connectivity index (χ4v) is 4.60. The van der Waals surface area contributed by atoms with Crippen molar-refractivity contribution in [3.8, 4) is 0 Å². The van der Waals surface area contributed by atoms with Gasteiger partial charge in [-0.1, -0.05) is 28.8 Å². The molecule has 1 saturated carbocycles. The lowest BCUT2D eigenvalue weighted by atomic mass is 9.94. The van der Waals surface area contributed by atoms with Crippen molar-refractivity contribution in [1.29, 1.82) is 0 Å². The van der Waals surface area contributed by atoms with E-state index in [1.54, 1.807) is 26.2 Å². The number of sulfonamides is 1. The van der Waals surface area contributed by atoms with Crippen LogP contribution in [0.15, 0.2) is 29.2 Å². The maximum absolute atomic E-state index is 12.1. The third-order valence-electron chi connectivity index (χ3n) is 4.17. The number of alkyl halides is 1. The van der Waals surface area contributed by atoms with Crippen molar-refractivity contribution in [1.82, 2.24) is 4.31 Å². The van der Waals surface area contributed by atoms with Crippen LogP contribution in [0.1, 0.15) is 25.7 Å². The van der Waals surface area contributed by atoms with Gasteiger partial charge in [0.25, 0.3) is 0 Å². The first-order valence-corrected chi connectivity index (χ1v) is 9.59. The molecule has 6 heteroatoms. The fourth-order valence-electron chi connectivity index (χ4n) is 2.76. The first-order valence-electron chi connectivity index (χ1n) is 7.23. The molecule has 2 atom stereocenters. The third-order valence-corrected chi connectivity index (χ3v) is 7.06. The first-order chi connectivity index (χ1) is 9.84. The van der Waals surface area contributed by atoms with E-state index in [4.69, 9.17) is 0 Å². The number of benzene rings is 1. The molecule has 0 radical (unpaired) electrons. The van der Waals surface area contributed by atoms with E-state index < -0.39 is 10.0 Å². The van der Waals surface area contributed by atoms with Crippen molar-refractivity contribution < 1.29 is 8.42 Å². The molecular weight excluding hydrogens is 352 g/mol. The van der Waals surface area contributed by atoms with E-state index in [2.05, 4.69) is 27.9 Å². The molecule has 0 bridgehead atoms. The lowest BCUT2D eigenvalue weighted by Gasteiger charge is -2.36. The molecule has 1 aliphatic carbocycles. The van der Waals surface area contributed by atoms with Crippen LogP contribution in [0.2, 0.25) is 0 Å². The van der Waals surface area contributed by atoms with Gasteiger partial charge in [0.2, 0.25) is 10.0 Å². The Morgan fingerprint density at radius 3 is 2.14 bits per heavy atom. The summed E-state index contributed by atoms with van der Waals surface area (Å²) in [5, 5.41) is 0. The minimum atomic E-state index is -3.35. The van der Waals surface area contributed by atoms with Crippen LogP contribution in [-0.4, -0.2) is 44.7 Å². The Morgan fingerprint density at radius 1 is 1.05 bits per heavy atom. The average molecular weight is 375 g/mol. The Kier molecular flexibility index (Phi) is 5.33. The summed E-state index contributed by atoms with van der Waals surface area (Å²) in [7, 11) is 1.83. The molecule has 2 rings (SSSR count). The van der Waals surface area contributed by atoms with E-state index in [1.807, 2.05) is 12.1 Å². The summed E-state index contributed by atoms with van der Waals surface area (Å²) in [5.41, 5.74) is 1.06. The number of hydrogen-bond acceptors (Lipinski definition) is 3. The molecule has 0 heterocycles. The van der Waals surface area contributed by atoms with Crippen LogP contribution in [0.3, 0.4) is 0 Å². The average Bonchev–Trinajstić information content (AvgIpc) is 2.47. The molecule has 0 amide bonds. The maximum atomic E-state index is 12.1. The molecule has 1 fully saturated rings. The van der Waals surface area contributed by atoms with Gasteiger partial charge in [0.05, 0.1) is 4.90 Å². The Hall–Kier alpha value is -0.590. The summed E-state index contributed by atoms with van der Waals surface area (Å²) in [6.45, 7) is 0. The minimum Gasteiger partial charge on any atom is -0.370 e. The van der Waals surface area contributed by atoms with Crippen LogP contribution in [0, 0.1) is 0 Å². The van der Waals surface area contributed by atoms with Crippen LogP contribution in [0.5, 0.6) is 0 Å². The van der Waals surface area contributed by atoms with Crippen LogP contribution < -0.4 is 4.90 Å². The quantitative estimate of drug-likeness (QED) is 0.760. The number of nitrogens with zero attached hydrogens (tertiary/aromatic N) is 2. The van der Waals surface area contributed by atoms with E-state index in [9.17, 15) is 8.42 Å². The SMILES string of the molecule is CN(c1ccc(S(=O)(=O)N(C)C)cc1)C1CCCCC1Br. The van der Waals surface area contributed by atoms with E-state index in [0.717, 1.165) is 5.69 Å². The fraction of sp³-hybridized carbons (Fsp3) is 0.600. The van der Waals surface area contributed by atoms with E-state index >= 15 is 0 Å². The van der Waals surface area contributed by atoms with Gasteiger partial charge in [-0.2, -0.15) is 0 Å². The van der Waals surface area contributed by atoms with Gasteiger partial charge in [-0.3, -0.25) is 0 Å². The van der Waals surface area contributed by atoms with Gasteiger partial charge in [0, 0.05) is 37.7 Å². The van der Waals surface area contributed by atoms with Gasteiger partial charge in [-0.25, -0.2) is 12.7 Å². The van der Waals surface area contributed by atoms with E-state index in [-0.39, 0.29) is 0 Å². The minimum absolute atomic E-state index is 0.337. The standard InChI is InChI=1S/C15H23BrN2O2S/c1-17(2)21(19,20)13-10-8-12(9-11-13)18(3)15-7-5-4-6-14(15)16/h8-11,14-15H,4-7H2,1-3H3. The summed E-state index contributed by atoms with van der Waals surface area (Å²) in [6, 6.07) is 7.63. The van der Waals surface area contributed by atoms with Crippen molar-refractivity contribution in [3.05, 3.63) is 24.3 Å². The molecule has 4 nitrogen and oxygen atoms in total. The van der Waals surface area contributed by atoms with Crippen molar-refractivity contribution >= 4 is 31.6 Å². The molecule has 1 aliphatic rings. The zero-order valence-corrected chi connectivity index (χ0v) is 15.2. The molecule has 0 aromatic heterocycles. The normalized spacial score (nSPS) is 23.3. The molecule has 0 aliphatic heterocycles. The summed E-state index contributed by atoms with van der Waals surface area (Å²) < 4.78 is 25.4. The predicted molar refractivity (Wildman–Crippen MR) is 90.7 cm³/mol. The maximum Gasteiger partial charge on any atom is 0.242 e. The van der Waals surface area contributed by atoms with Crippen molar-refractivity contribution in [2.75, 3.05) is 26.0 Å². The number of halogens is 1. The van der Waals surface area contributed by atoms with Crippen molar-refractivity contribution in [3.63, 3.8) is 0 Å². The molecule has 118 valence electrons. The van der Waals surface area contributed by atoms with Gasteiger partial charge in [0.15, 0.2) is 0 Å². The highest BCUT2D eigenvalue weighted by atomic mass is 79.9. The Bertz CT molecular complexity index is 572. The molecule has 1 aromatic rings. The van der Waals surface area contributed by atoms with Crippen LogP contribution in [-0.2, 0) is 10.0 Å². The second kappa shape index (κ2) is 6.67. The highest BCUT2D eigenvalue weighted by Gasteiger charge is 2.26. The largest absolute Gasteiger partial charge is 0.370 e. The molecule has 21 heavy (non-hydrogen) atoms. The Balaban J connectivity index is 2.19. The Labute approximate surface area is 136 Å². The number of anilines is 1. The lowest BCUT2D eigenvalue weighted by Crippen LogP contribution is -2.40. The van der Waals surface area contributed by atoms with Crippen LogP contribution in [0.4, 0.5) is 5.69 Å². The summed E-state index contributed by atoms with van der Waals surface area (Å²) >= 11 is 3.77. The number of hydrogen-bond donors (Lipinski definition) is 0. The van der Waals surface area contributed by atoms with Gasteiger partial charge in [0.1, 0.15) is 0 Å². The molecule has 0 saturated heterocycles. The van der Waals surface area contributed by atoms with E-state index in [1.165, 1.54) is 30.0 Å². The number of rotatable bonds is 4. The smallest absolute Gasteiger partial charge is 0.242 e. The topological polar surface area (TPSA) is 40.6 Å². The summed E-state index contributed by atoms with van der Waals surface area (Å²) in [4.78, 5) is 3.09. The van der Waals surface area contributed by atoms with Gasteiger partial charge in [-0.05, 0) is 37.1 Å². The second-order valence-electron chi connectivity index (χ2n) is 5.76. The molecular formula is C15H23BrN2O2S. The lowest BCUT2D eigenvalue weighted by molar-refractivity contribution is 0.444. The summed E-state index contributed by atoms with van der Waals surface area (Å²) in [6.07, 6.45) is 4.90. The Morgan fingerprint density at radius 2 is 1.62 bits per heavy atom. The molecule has 0 N–H and O–H groups in total.